The number of hydrogen-bond acceptors (Lipinski definition) is 4. The Morgan fingerprint density at radius 2 is 1.72 bits per heavy atom. The van der Waals surface area contributed by atoms with E-state index < -0.39 is 33.4 Å². The molecule has 0 amide bonds. The molecule has 0 aliphatic rings. The van der Waals surface area contributed by atoms with Crippen LogP contribution in [0.15, 0.2) is 90.3 Å². The van der Waals surface area contributed by atoms with Gasteiger partial charge in [0.2, 0.25) is 0 Å². The van der Waals surface area contributed by atoms with E-state index in [0.29, 0.717) is 35.9 Å². The maximum absolute atomic E-state index is 15.0. The van der Waals surface area contributed by atoms with Crippen LogP contribution in [0.5, 0.6) is 5.75 Å². The summed E-state index contributed by atoms with van der Waals surface area (Å²) in [6.07, 6.45) is 5.92. The molecule has 0 aliphatic heterocycles. The van der Waals surface area contributed by atoms with Crippen LogP contribution in [0.1, 0.15) is 24.9 Å². The fourth-order valence-corrected chi connectivity index (χ4v) is 5.65. The van der Waals surface area contributed by atoms with E-state index in [0.717, 1.165) is 16.4 Å². The van der Waals surface area contributed by atoms with Crippen LogP contribution in [-0.2, 0) is 16.6 Å². The fourth-order valence-electron chi connectivity index (χ4n) is 3.87. The van der Waals surface area contributed by atoms with Crippen LogP contribution in [0.3, 0.4) is 0 Å². The Labute approximate surface area is 213 Å². The van der Waals surface area contributed by atoms with Crippen LogP contribution < -0.4 is 9.04 Å². The lowest BCUT2D eigenvalue weighted by Gasteiger charge is -2.32. The molecule has 4 rings (SSSR count). The number of halogens is 3. The van der Waals surface area contributed by atoms with Crippen molar-refractivity contribution in [3.8, 4) is 5.75 Å². The van der Waals surface area contributed by atoms with Gasteiger partial charge >= 0.3 is 0 Å². The summed E-state index contributed by atoms with van der Waals surface area (Å²) in [6, 6.07) is 14.5. The largest absolute Gasteiger partial charge is 0.493 e. The van der Waals surface area contributed by atoms with Crippen molar-refractivity contribution in [1.29, 1.82) is 0 Å². The molecule has 0 N–H and O–H groups in total. The number of nitrogens with zero attached hydrogens (tertiary/aromatic N) is 3. The molecular weight excluding hydrogens is 508 g/mol. The molecule has 3 aromatic carbocycles. The Kier molecular flexibility index (Phi) is 7.91. The second-order valence-electron chi connectivity index (χ2n) is 8.04. The van der Waals surface area contributed by atoms with E-state index in [4.69, 9.17) is 16.3 Å². The molecule has 0 saturated carbocycles. The molecular formula is C26H24ClF2N3O3S. The maximum atomic E-state index is 15.0. The number of anilines is 1. The van der Waals surface area contributed by atoms with E-state index in [2.05, 4.69) is 4.98 Å². The molecule has 1 atom stereocenters. The third kappa shape index (κ3) is 5.52. The first-order chi connectivity index (χ1) is 17.3. The third-order valence-corrected chi connectivity index (χ3v) is 7.76. The molecule has 0 bridgehead atoms. The summed E-state index contributed by atoms with van der Waals surface area (Å²) in [5.41, 5.74) is -0.213. The van der Waals surface area contributed by atoms with Gasteiger partial charge in [0, 0.05) is 29.5 Å². The number of sulfonamides is 1. The minimum Gasteiger partial charge on any atom is -0.493 e. The number of hydrogen-bond donors (Lipinski definition) is 0. The van der Waals surface area contributed by atoms with Gasteiger partial charge < -0.3 is 9.30 Å². The lowest BCUT2D eigenvalue weighted by Crippen LogP contribution is -2.35. The molecule has 4 aromatic rings. The summed E-state index contributed by atoms with van der Waals surface area (Å²) >= 11 is 5.93. The molecule has 0 spiro atoms. The zero-order valence-electron chi connectivity index (χ0n) is 19.4. The first kappa shape index (κ1) is 25.7. The average Bonchev–Trinajstić information content (AvgIpc) is 3.38. The molecule has 0 radical (unpaired) electrons. The van der Waals surface area contributed by atoms with Crippen molar-refractivity contribution >= 4 is 27.3 Å². The quantitative estimate of drug-likeness (QED) is 0.227. The van der Waals surface area contributed by atoms with E-state index in [9.17, 15) is 17.2 Å². The Morgan fingerprint density at radius 1 is 1.03 bits per heavy atom. The summed E-state index contributed by atoms with van der Waals surface area (Å²) in [7, 11) is -4.41. The fraction of sp³-hybridized carbons (Fsp3) is 0.192. The average molecular weight is 532 g/mol. The van der Waals surface area contributed by atoms with E-state index in [-0.39, 0.29) is 4.90 Å². The number of aryl methyl sites for hydroxylation is 1. The van der Waals surface area contributed by atoms with Gasteiger partial charge in [0.15, 0.2) is 11.6 Å². The molecule has 188 valence electrons. The van der Waals surface area contributed by atoms with E-state index in [1.54, 1.807) is 43.7 Å². The molecule has 10 heteroatoms. The lowest BCUT2D eigenvalue weighted by atomic mass is 10.1. The predicted molar refractivity (Wildman–Crippen MR) is 135 cm³/mol. The Bertz CT molecular complexity index is 1390. The highest BCUT2D eigenvalue weighted by Gasteiger charge is 2.35. The molecule has 0 aliphatic carbocycles. The van der Waals surface area contributed by atoms with Crippen LogP contribution in [0, 0.1) is 11.6 Å². The third-order valence-electron chi connectivity index (χ3n) is 5.63. The first-order valence-electron chi connectivity index (χ1n) is 11.2. The molecule has 1 heterocycles. The van der Waals surface area contributed by atoms with Gasteiger partial charge in [-0.1, -0.05) is 35.9 Å². The number of benzene rings is 3. The molecule has 36 heavy (non-hydrogen) atoms. The zero-order valence-corrected chi connectivity index (χ0v) is 21.0. The smallest absolute Gasteiger partial charge is 0.265 e. The van der Waals surface area contributed by atoms with Gasteiger partial charge in [-0.05, 0) is 55.8 Å². The molecule has 0 fully saturated rings. The highest BCUT2D eigenvalue weighted by molar-refractivity contribution is 7.92. The van der Waals surface area contributed by atoms with Gasteiger partial charge in [-0.15, -0.1) is 0 Å². The lowest BCUT2D eigenvalue weighted by molar-refractivity contribution is 0.297. The summed E-state index contributed by atoms with van der Waals surface area (Å²) in [4.78, 5) is 3.85. The summed E-state index contributed by atoms with van der Waals surface area (Å²) in [5, 5.41) is 0.333. The Hall–Kier alpha value is -3.43. The maximum Gasteiger partial charge on any atom is 0.265 e. The van der Waals surface area contributed by atoms with E-state index in [1.807, 2.05) is 10.8 Å². The van der Waals surface area contributed by atoms with Gasteiger partial charge in [0.05, 0.1) is 23.9 Å². The highest BCUT2D eigenvalue weighted by atomic mass is 35.5. The van der Waals surface area contributed by atoms with Crippen molar-refractivity contribution in [3.63, 3.8) is 0 Å². The summed E-state index contributed by atoms with van der Waals surface area (Å²) in [6.45, 7) is 2.60. The topological polar surface area (TPSA) is 64.4 Å². The molecule has 1 aromatic heterocycles. The van der Waals surface area contributed by atoms with Crippen molar-refractivity contribution in [1.82, 2.24) is 9.55 Å². The first-order valence-corrected chi connectivity index (χ1v) is 13.0. The van der Waals surface area contributed by atoms with Gasteiger partial charge in [-0.25, -0.2) is 22.2 Å². The number of para-hydroxylation sites is 2. The monoisotopic (exact) mass is 531 g/mol. The van der Waals surface area contributed by atoms with E-state index >= 15 is 0 Å². The normalized spacial score (nSPS) is 12.3. The van der Waals surface area contributed by atoms with E-state index in [1.165, 1.54) is 30.3 Å². The van der Waals surface area contributed by atoms with Gasteiger partial charge in [-0.3, -0.25) is 4.31 Å². The standard InChI is InChI=1S/C26H24ClF2N3O3S/c1-19(22-6-2-3-9-25(22)35-17-5-15-31-16-14-30-18-31)32(26-23(28)7-4-8-24(26)29)36(33,34)21-12-10-20(27)11-13-21/h2-4,6-14,16,18-19H,5,15,17H2,1H3/t19-/m1/s1. The Balaban J connectivity index is 1.71. The van der Waals surface area contributed by atoms with Crippen molar-refractivity contribution in [3.05, 3.63) is 108 Å². The Morgan fingerprint density at radius 3 is 2.39 bits per heavy atom. The summed E-state index contributed by atoms with van der Waals surface area (Å²) in [5.74, 6) is -1.58. The van der Waals surface area contributed by atoms with Gasteiger partial charge in [-0.2, -0.15) is 0 Å². The second kappa shape index (κ2) is 11.1. The predicted octanol–water partition coefficient (Wildman–Crippen LogP) is 6.24. The SMILES string of the molecule is C[C@H](c1ccccc1OCCCn1ccnc1)N(c1c(F)cccc1F)S(=O)(=O)c1ccc(Cl)cc1. The van der Waals surface area contributed by atoms with Crippen LogP contribution in [0.4, 0.5) is 14.5 Å². The number of imidazole rings is 1. The number of rotatable bonds is 10. The summed E-state index contributed by atoms with van der Waals surface area (Å²) < 4.78 is 66.1. The minimum absolute atomic E-state index is 0.153. The zero-order chi connectivity index (χ0) is 25.7. The van der Waals surface area contributed by atoms with Crippen molar-refractivity contribution in [2.75, 3.05) is 10.9 Å². The number of aromatic nitrogens is 2. The number of ether oxygens (including phenoxy) is 1. The van der Waals surface area contributed by atoms with Crippen LogP contribution in [0.2, 0.25) is 5.02 Å². The van der Waals surface area contributed by atoms with Gasteiger partial charge in [0.1, 0.15) is 11.4 Å². The van der Waals surface area contributed by atoms with Crippen LogP contribution >= 0.6 is 11.6 Å². The molecule has 0 saturated heterocycles. The molecule has 6 nitrogen and oxygen atoms in total. The van der Waals surface area contributed by atoms with Crippen molar-refractivity contribution in [2.24, 2.45) is 0 Å². The van der Waals surface area contributed by atoms with Crippen molar-refractivity contribution in [2.45, 2.75) is 30.8 Å². The minimum atomic E-state index is -4.41. The van der Waals surface area contributed by atoms with Crippen molar-refractivity contribution < 1.29 is 21.9 Å². The molecule has 0 unspecified atom stereocenters. The van der Waals surface area contributed by atoms with Crippen LogP contribution in [-0.4, -0.2) is 24.6 Å². The second-order valence-corrected chi connectivity index (χ2v) is 10.3. The van der Waals surface area contributed by atoms with Crippen LogP contribution in [0.25, 0.3) is 0 Å². The highest BCUT2D eigenvalue weighted by Crippen LogP contribution is 2.39. The van der Waals surface area contributed by atoms with Gasteiger partial charge in [0.25, 0.3) is 10.0 Å².